The Bertz CT molecular complexity index is 513. The van der Waals surface area contributed by atoms with Crippen molar-refractivity contribution in [1.82, 2.24) is 9.97 Å². The van der Waals surface area contributed by atoms with Crippen molar-refractivity contribution in [2.75, 3.05) is 17.6 Å². The number of aromatic nitrogens is 2. The van der Waals surface area contributed by atoms with Gasteiger partial charge in [-0.1, -0.05) is 12.1 Å². The van der Waals surface area contributed by atoms with Crippen molar-refractivity contribution in [3.8, 4) is 0 Å². The number of nitrogens with zero attached hydrogens (tertiary/aromatic N) is 2. The third-order valence-electron chi connectivity index (χ3n) is 2.67. The van der Waals surface area contributed by atoms with Crippen molar-refractivity contribution >= 4 is 11.5 Å². The van der Waals surface area contributed by atoms with Gasteiger partial charge in [0.25, 0.3) is 0 Å². The summed E-state index contributed by atoms with van der Waals surface area (Å²) in [5, 5.41) is 13.1. The van der Waals surface area contributed by atoms with Crippen molar-refractivity contribution in [2.24, 2.45) is 0 Å². The van der Waals surface area contributed by atoms with Crippen LogP contribution in [0.25, 0.3) is 0 Å². The summed E-state index contributed by atoms with van der Waals surface area (Å²) in [4.78, 5) is 8.27. The molecular formula is C13H16N4O. The zero-order valence-corrected chi connectivity index (χ0v) is 10.2. The number of aryl methyl sites for hydroxylation is 1. The lowest BCUT2D eigenvalue weighted by Gasteiger charge is -2.13. The van der Waals surface area contributed by atoms with E-state index >= 15 is 0 Å². The van der Waals surface area contributed by atoms with E-state index in [1.54, 1.807) is 24.5 Å². The lowest BCUT2D eigenvalue weighted by Crippen LogP contribution is -2.14. The van der Waals surface area contributed by atoms with E-state index in [1.165, 1.54) is 0 Å². The molecule has 1 aromatic carbocycles. The van der Waals surface area contributed by atoms with Crippen molar-refractivity contribution < 1.29 is 5.11 Å². The number of nitrogen functional groups attached to an aromatic ring is 1. The van der Waals surface area contributed by atoms with E-state index in [0.717, 1.165) is 11.3 Å². The lowest BCUT2D eigenvalue weighted by atomic mass is 10.1. The molecule has 94 valence electrons. The van der Waals surface area contributed by atoms with Crippen LogP contribution in [0.2, 0.25) is 0 Å². The van der Waals surface area contributed by atoms with Gasteiger partial charge in [-0.3, -0.25) is 4.98 Å². The Morgan fingerprint density at radius 3 is 2.56 bits per heavy atom. The van der Waals surface area contributed by atoms with Gasteiger partial charge in [0.2, 0.25) is 0 Å². The van der Waals surface area contributed by atoms with E-state index < -0.39 is 6.10 Å². The Morgan fingerprint density at radius 1 is 1.22 bits per heavy atom. The van der Waals surface area contributed by atoms with Crippen LogP contribution in [0.3, 0.4) is 0 Å². The molecule has 2 rings (SSSR count). The predicted molar refractivity (Wildman–Crippen MR) is 71.1 cm³/mol. The molecule has 1 atom stereocenters. The van der Waals surface area contributed by atoms with E-state index in [-0.39, 0.29) is 0 Å². The standard InChI is InChI=1S/C13H16N4O/c1-9-13(16-7-6-15-9)17-8-12(18)10-2-4-11(14)5-3-10/h2-7,12,18H,8,14H2,1H3,(H,16,17). The molecular weight excluding hydrogens is 228 g/mol. The molecule has 0 radical (unpaired) electrons. The first-order chi connectivity index (χ1) is 8.66. The van der Waals surface area contributed by atoms with Crippen LogP contribution in [-0.4, -0.2) is 21.6 Å². The minimum absolute atomic E-state index is 0.378. The summed E-state index contributed by atoms with van der Waals surface area (Å²) >= 11 is 0. The van der Waals surface area contributed by atoms with Gasteiger partial charge in [0, 0.05) is 24.6 Å². The molecule has 0 aliphatic heterocycles. The van der Waals surface area contributed by atoms with Crippen LogP contribution < -0.4 is 11.1 Å². The number of benzene rings is 1. The van der Waals surface area contributed by atoms with Crippen LogP contribution in [0.5, 0.6) is 0 Å². The third-order valence-corrected chi connectivity index (χ3v) is 2.67. The molecule has 1 unspecified atom stereocenters. The minimum atomic E-state index is -0.605. The van der Waals surface area contributed by atoms with Crippen LogP contribution in [0, 0.1) is 6.92 Å². The molecule has 5 nitrogen and oxygen atoms in total. The Morgan fingerprint density at radius 2 is 1.89 bits per heavy atom. The molecule has 5 heteroatoms. The number of nitrogens with one attached hydrogen (secondary N) is 1. The van der Waals surface area contributed by atoms with E-state index in [4.69, 9.17) is 5.73 Å². The predicted octanol–water partition coefficient (Wildman–Crippen LogP) is 1.51. The van der Waals surface area contributed by atoms with Gasteiger partial charge in [-0.2, -0.15) is 0 Å². The van der Waals surface area contributed by atoms with Gasteiger partial charge in [-0.15, -0.1) is 0 Å². The highest BCUT2D eigenvalue weighted by Crippen LogP contribution is 2.16. The average Bonchev–Trinajstić information content (AvgIpc) is 2.38. The van der Waals surface area contributed by atoms with Gasteiger partial charge < -0.3 is 16.2 Å². The zero-order valence-electron chi connectivity index (χ0n) is 10.2. The molecule has 0 aliphatic rings. The molecule has 18 heavy (non-hydrogen) atoms. The first-order valence-electron chi connectivity index (χ1n) is 5.72. The second-order valence-electron chi connectivity index (χ2n) is 4.05. The van der Waals surface area contributed by atoms with E-state index in [9.17, 15) is 5.11 Å². The number of nitrogens with two attached hydrogens (primary N) is 1. The quantitative estimate of drug-likeness (QED) is 0.710. The SMILES string of the molecule is Cc1nccnc1NCC(O)c1ccc(N)cc1. The van der Waals surface area contributed by atoms with Gasteiger partial charge in [0.1, 0.15) is 5.82 Å². The highest BCUT2D eigenvalue weighted by molar-refractivity contribution is 5.41. The summed E-state index contributed by atoms with van der Waals surface area (Å²) in [6.07, 6.45) is 2.65. The molecule has 0 aliphatic carbocycles. The zero-order chi connectivity index (χ0) is 13.0. The van der Waals surface area contributed by atoms with Gasteiger partial charge in [0.15, 0.2) is 0 Å². The van der Waals surface area contributed by atoms with Crippen molar-refractivity contribution in [3.05, 3.63) is 47.9 Å². The van der Waals surface area contributed by atoms with Gasteiger partial charge in [-0.25, -0.2) is 4.98 Å². The second-order valence-corrected chi connectivity index (χ2v) is 4.05. The van der Waals surface area contributed by atoms with Crippen LogP contribution in [0.1, 0.15) is 17.4 Å². The first-order valence-corrected chi connectivity index (χ1v) is 5.72. The van der Waals surface area contributed by atoms with Crippen LogP contribution >= 0.6 is 0 Å². The fraction of sp³-hybridized carbons (Fsp3) is 0.231. The monoisotopic (exact) mass is 244 g/mol. The summed E-state index contributed by atoms with van der Waals surface area (Å²) in [6.45, 7) is 2.24. The second kappa shape index (κ2) is 5.46. The Hall–Kier alpha value is -2.14. The fourth-order valence-corrected chi connectivity index (χ4v) is 1.61. The summed E-state index contributed by atoms with van der Waals surface area (Å²) in [5.41, 5.74) is 7.91. The van der Waals surface area contributed by atoms with Gasteiger partial charge in [-0.05, 0) is 24.6 Å². The van der Waals surface area contributed by atoms with Crippen LogP contribution in [-0.2, 0) is 0 Å². The van der Waals surface area contributed by atoms with E-state index in [1.807, 2.05) is 19.1 Å². The lowest BCUT2D eigenvalue weighted by molar-refractivity contribution is 0.191. The third kappa shape index (κ3) is 2.95. The molecule has 0 saturated carbocycles. The Balaban J connectivity index is 1.98. The number of rotatable bonds is 4. The van der Waals surface area contributed by atoms with Crippen molar-refractivity contribution in [1.29, 1.82) is 0 Å². The molecule has 0 saturated heterocycles. The molecule has 4 N–H and O–H groups in total. The number of hydrogen-bond acceptors (Lipinski definition) is 5. The van der Waals surface area contributed by atoms with Crippen LogP contribution in [0.15, 0.2) is 36.7 Å². The maximum atomic E-state index is 10.0. The smallest absolute Gasteiger partial charge is 0.147 e. The number of aliphatic hydroxyl groups is 1. The maximum Gasteiger partial charge on any atom is 0.147 e. The summed E-state index contributed by atoms with van der Waals surface area (Å²) < 4.78 is 0. The molecule has 2 aromatic rings. The first kappa shape index (κ1) is 12.3. The van der Waals surface area contributed by atoms with Crippen LogP contribution in [0.4, 0.5) is 11.5 Å². The molecule has 0 fully saturated rings. The fourth-order valence-electron chi connectivity index (χ4n) is 1.61. The highest BCUT2D eigenvalue weighted by Gasteiger charge is 2.08. The van der Waals surface area contributed by atoms with E-state index in [0.29, 0.717) is 18.1 Å². The molecule has 1 heterocycles. The number of hydrogen-bond donors (Lipinski definition) is 3. The number of aliphatic hydroxyl groups excluding tert-OH is 1. The number of anilines is 2. The normalized spacial score (nSPS) is 12.1. The molecule has 0 bridgehead atoms. The topological polar surface area (TPSA) is 84.1 Å². The van der Waals surface area contributed by atoms with Gasteiger partial charge in [0.05, 0.1) is 11.8 Å². The summed E-state index contributed by atoms with van der Waals surface area (Å²) in [6, 6.07) is 7.16. The summed E-state index contributed by atoms with van der Waals surface area (Å²) in [7, 11) is 0. The minimum Gasteiger partial charge on any atom is -0.399 e. The molecule has 0 amide bonds. The summed E-state index contributed by atoms with van der Waals surface area (Å²) in [5.74, 6) is 0.687. The molecule has 1 aromatic heterocycles. The maximum absolute atomic E-state index is 10.0. The Kier molecular flexibility index (Phi) is 3.74. The largest absolute Gasteiger partial charge is 0.399 e. The van der Waals surface area contributed by atoms with Gasteiger partial charge >= 0.3 is 0 Å². The highest BCUT2D eigenvalue weighted by atomic mass is 16.3. The Labute approximate surface area is 106 Å². The van der Waals surface area contributed by atoms with Crippen molar-refractivity contribution in [3.63, 3.8) is 0 Å². The van der Waals surface area contributed by atoms with E-state index in [2.05, 4.69) is 15.3 Å². The van der Waals surface area contributed by atoms with Crippen molar-refractivity contribution in [2.45, 2.75) is 13.0 Å². The average molecular weight is 244 g/mol. The molecule has 0 spiro atoms.